The Morgan fingerprint density at radius 3 is 2.38 bits per heavy atom. The molecule has 2 rings (SSSR count). The number of piperazine rings is 1. The van der Waals surface area contributed by atoms with Crippen LogP contribution < -0.4 is 10.6 Å². The first-order valence-corrected chi connectivity index (χ1v) is 7.93. The number of anilines is 1. The molecular weight excluding hydrogens is 262 g/mol. The Kier molecular flexibility index (Phi) is 5.17. The van der Waals surface area contributed by atoms with Crippen LogP contribution in [0.25, 0.3) is 0 Å². The highest BCUT2D eigenvalue weighted by molar-refractivity contribution is 5.34. The van der Waals surface area contributed by atoms with E-state index in [0.29, 0.717) is 0 Å². The van der Waals surface area contributed by atoms with Crippen molar-refractivity contribution in [3.63, 3.8) is 0 Å². The van der Waals surface area contributed by atoms with Gasteiger partial charge in [-0.05, 0) is 32.5 Å². The number of hydrogen-bond donors (Lipinski definition) is 1. The molecule has 1 fully saturated rings. The highest BCUT2D eigenvalue weighted by atomic mass is 15.3. The molecule has 2 heterocycles. The van der Waals surface area contributed by atoms with Crippen LogP contribution in [0, 0.1) is 6.92 Å². The second kappa shape index (κ2) is 6.71. The Labute approximate surface area is 128 Å². The van der Waals surface area contributed by atoms with Gasteiger partial charge in [0.05, 0.1) is 5.69 Å². The summed E-state index contributed by atoms with van der Waals surface area (Å²) in [6, 6.07) is 2.10. The average molecular weight is 291 g/mol. The van der Waals surface area contributed by atoms with Crippen molar-refractivity contribution in [2.24, 2.45) is 5.73 Å². The zero-order chi connectivity index (χ0) is 15.5. The van der Waals surface area contributed by atoms with Gasteiger partial charge in [-0.15, -0.1) is 0 Å². The zero-order valence-corrected chi connectivity index (χ0v) is 13.9. The summed E-state index contributed by atoms with van der Waals surface area (Å²) >= 11 is 0. The van der Waals surface area contributed by atoms with Gasteiger partial charge in [-0.25, -0.2) is 9.97 Å². The van der Waals surface area contributed by atoms with E-state index in [9.17, 15) is 0 Å². The predicted molar refractivity (Wildman–Crippen MR) is 87.8 cm³/mol. The SMILES string of the molecule is Cc1cc(C(C)(C)C)nc(N2CCN(CCCN)CC2)n1. The van der Waals surface area contributed by atoms with Crippen LogP contribution in [0.3, 0.4) is 0 Å². The molecule has 1 aliphatic heterocycles. The van der Waals surface area contributed by atoms with E-state index in [4.69, 9.17) is 10.7 Å². The van der Waals surface area contributed by atoms with Crippen LogP contribution in [-0.2, 0) is 5.41 Å². The molecule has 21 heavy (non-hydrogen) atoms. The zero-order valence-electron chi connectivity index (χ0n) is 13.9. The van der Waals surface area contributed by atoms with E-state index in [1.807, 2.05) is 0 Å². The molecule has 0 saturated carbocycles. The van der Waals surface area contributed by atoms with Crippen molar-refractivity contribution in [2.75, 3.05) is 44.2 Å². The van der Waals surface area contributed by atoms with Crippen molar-refractivity contribution in [3.8, 4) is 0 Å². The number of aromatic nitrogens is 2. The van der Waals surface area contributed by atoms with Gasteiger partial charge in [0.15, 0.2) is 0 Å². The van der Waals surface area contributed by atoms with Gasteiger partial charge >= 0.3 is 0 Å². The Bertz CT molecular complexity index is 458. The second-order valence-electron chi connectivity index (χ2n) is 6.92. The fourth-order valence-electron chi connectivity index (χ4n) is 2.56. The third-order valence-corrected chi connectivity index (χ3v) is 3.94. The molecule has 0 aliphatic carbocycles. The molecule has 1 saturated heterocycles. The third-order valence-electron chi connectivity index (χ3n) is 3.94. The van der Waals surface area contributed by atoms with E-state index < -0.39 is 0 Å². The molecule has 1 aromatic rings. The molecule has 0 spiro atoms. The van der Waals surface area contributed by atoms with Crippen molar-refractivity contribution in [2.45, 2.75) is 39.5 Å². The highest BCUT2D eigenvalue weighted by Crippen LogP contribution is 2.23. The van der Waals surface area contributed by atoms with Gasteiger partial charge in [-0.1, -0.05) is 20.8 Å². The first-order chi connectivity index (χ1) is 9.90. The summed E-state index contributed by atoms with van der Waals surface area (Å²) in [5.41, 5.74) is 7.81. The normalized spacial score (nSPS) is 17.3. The van der Waals surface area contributed by atoms with Crippen LogP contribution in [-0.4, -0.2) is 54.1 Å². The van der Waals surface area contributed by atoms with Crippen LogP contribution in [0.15, 0.2) is 6.07 Å². The average Bonchev–Trinajstić information content (AvgIpc) is 2.44. The van der Waals surface area contributed by atoms with Crippen LogP contribution in [0.5, 0.6) is 0 Å². The summed E-state index contributed by atoms with van der Waals surface area (Å²) in [5, 5.41) is 0. The van der Waals surface area contributed by atoms with E-state index in [1.165, 1.54) is 0 Å². The fourth-order valence-corrected chi connectivity index (χ4v) is 2.56. The lowest BCUT2D eigenvalue weighted by Gasteiger charge is -2.35. The van der Waals surface area contributed by atoms with Gasteiger partial charge in [0.1, 0.15) is 0 Å². The molecular formula is C16H29N5. The Morgan fingerprint density at radius 1 is 1.14 bits per heavy atom. The number of nitrogens with zero attached hydrogens (tertiary/aromatic N) is 4. The summed E-state index contributed by atoms with van der Waals surface area (Å²) in [5.74, 6) is 0.887. The maximum atomic E-state index is 5.58. The number of rotatable bonds is 4. The fraction of sp³-hybridized carbons (Fsp3) is 0.750. The minimum Gasteiger partial charge on any atom is -0.338 e. The molecule has 2 N–H and O–H groups in total. The monoisotopic (exact) mass is 291 g/mol. The molecule has 0 atom stereocenters. The minimum absolute atomic E-state index is 0.0609. The molecule has 0 unspecified atom stereocenters. The van der Waals surface area contributed by atoms with Crippen molar-refractivity contribution in [1.29, 1.82) is 0 Å². The minimum atomic E-state index is 0.0609. The maximum Gasteiger partial charge on any atom is 0.225 e. The molecule has 1 aliphatic rings. The van der Waals surface area contributed by atoms with Crippen molar-refractivity contribution >= 4 is 5.95 Å². The number of hydrogen-bond acceptors (Lipinski definition) is 5. The van der Waals surface area contributed by atoms with Crippen LogP contribution in [0.2, 0.25) is 0 Å². The molecule has 118 valence electrons. The van der Waals surface area contributed by atoms with Gasteiger partial charge in [0, 0.05) is 37.3 Å². The summed E-state index contributed by atoms with van der Waals surface area (Å²) in [4.78, 5) is 14.2. The molecule has 5 heteroatoms. The highest BCUT2D eigenvalue weighted by Gasteiger charge is 2.22. The lowest BCUT2D eigenvalue weighted by Crippen LogP contribution is -2.47. The summed E-state index contributed by atoms with van der Waals surface area (Å²) in [6.45, 7) is 14.7. The summed E-state index contributed by atoms with van der Waals surface area (Å²) in [6.07, 6.45) is 1.08. The van der Waals surface area contributed by atoms with E-state index in [2.05, 4.69) is 48.5 Å². The van der Waals surface area contributed by atoms with E-state index in [0.717, 1.165) is 63.0 Å². The standard InChI is InChI=1S/C16H29N5/c1-13-12-14(16(2,3)4)19-15(18-13)21-10-8-20(9-11-21)7-5-6-17/h12H,5-11,17H2,1-4H3. The Hall–Kier alpha value is -1.20. The van der Waals surface area contributed by atoms with E-state index in [1.54, 1.807) is 0 Å². The number of nitrogens with two attached hydrogens (primary N) is 1. The molecule has 0 radical (unpaired) electrons. The van der Waals surface area contributed by atoms with Gasteiger partial charge in [-0.2, -0.15) is 0 Å². The smallest absolute Gasteiger partial charge is 0.225 e. The van der Waals surface area contributed by atoms with Crippen molar-refractivity contribution in [1.82, 2.24) is 14.9 Å². The lowest BCUT2D eigenvalue weighted by molar-refractivity contribution is 0.255. The molecule has 5 nitrogen and oxygen atoms in total. The largest absolute Gasteiger partial charge is 0.338 e. The summed E-state index contributed by atoms with van der Waals surface area (Å²) < 4.78 is 0. The second-order valence-corrected chi connectivity index (χ2v) is 6.92. The van der Waals surface area contributed by atoms with Crippen LogP contribution in [0.4, 0.5) is 5.95 Å². The van der Waals surface area contributed by atoms with Gasteiger partial charge in [-0.3, -0.25) is 4.90 Å². The first-order valence-electron chi connectivity index (χ1n) is 7.93. The van der Waals surface area contributed by atoms with Crippen molar-refractivity contribution in [3.05, 3.63) is 17.5 Å². The third kappa shape index (κ3) is 4.38. The quantitative estimate of drug-likeness (QED) is 0.912. The Balaban J connectivity index is 2.05. The summed E-state index contributed by atoms with van der Waals surface area (Å²) in [7, 11) is 0. The molecule has 1 aromatic heterocycles. The molecule has 0 amide bonds. The first kappa shape index (κ1) is 16.2. The molecule has 0 bridgehead atoms. The lowest BCUT2D eigenvalue weighted by atomic mass is 9.91. The topological polar surface area (TPSA) is 58.3 Å². The van der Waals surface area contributed by atoms with Gasteiger partial charge in [0.25, 0.3) is 0 Å². The van der Waals surface area contributed by atoms with Gasteiger partial charge < -0.3 is 10.6 Å². The van der Waals surface area contributed by atoms with Crippen molar-refractivity contribution < 1.29 is 0 Å². The predicted octanol–water partition coefficient (Wildman–Crippen LogP) is 1.55. The number of aryl methyl sites for hydroxylation is 1. The van der Waals surface area contributed by atoms with E-state index >= 15 is 0 Å². The maximum absolute atomic E-state index is 5.58. The Morgan fingerprint density at radius 2 is 1.81 bits per heavy atom. The van der Waals surface area contributed by atoms with Gasteiger partial charge in [0.2, 0.25) is 5.95 Å². The van der Waals surface area contributed by atoms with Crippen LogP contribution >= 0.6 is 0 Å². The van der Waals surface area contributed by atoms with Crippen LogP contribution in [0.1, 0.15) is 38.6 Å². The van der Waals surface area contributed by atoms with E-state index in [-0.39, 0.29) is 5.41 Å². The molecule has 0 aromatic carbocycles.